The Hall–Kier alpha value is -3.56. The van der Waals surface area contributed by atoms with Crippen LogP contribution in [-0.2, 0) is 6.18 Å². The summed E-state index contributed by atoms with van der Waals surface area (Å²) >= 11 is 0. The SMILES string of the molecule is O=C(NO)c1ccc(OCCCNCC[C@@H](Oc2ccc(C(F)(F)F)cc2)c2ccccc2)cc1. The van der Waals surface area contributed by atoms with Crippen molar-refractivity contribution in [3.8, 4) is 11.5 Å². The molecule has 0 aliphatic heterocycles. The average Bonchev–Trinajstić information content (AvgIpc) is 2.87. The van der Waals surface area contributed by atoms with Crippen molar-refractivity contribution in [2.45, 2.75) is 25.1 Å². The van der Waals surface area contributed by atoms with Crippen LogP contribution in [0.1, 0.15) is 40.4 Å². The average molecular weight is 489 g/mol. The van der Waals surface area contributed by atoms with Crippen LogP contribution in [0.5, 0.6) is 11.5 Å². The molecule has 0 saturated carbocycles. The van der Waals surface area contributed by atoms with Gasteiger partial charge in [0.25, 0.3) is 5.91 Å². The summed E-state index contributed by atoms with van der Waals surface area (Å²) in [7, 11) is 0. The zero-order valence-electron chi connectivity index (χ0n) is 18.9. The van der Waals surface area contributed by atoms with Crippen molar-refractivity contribution in [3.05, 3.63) is 95.6 Å². The molecule has 0 heterocycles. The maximum Gasteiger partial charge on any atom is 0.416 e. The van der Waals surface area contributed by atoms with Crippen LogP contribution < -0.4 is 20.3 Å². The Balaban J connectivity index is 1.43. The summed E-state index contributed by atoms with van der Waals surface area (Å²) in [6, 6.07) is 20.7. The molecular weight excluding hydrogens is 461 g/mol. The molecule has 6 nitrogen and oxygen atoms in total. The van der Waals surface area contributed by atoms with Crippen LogP contribution in [0.25, 0.3) is 0 Å². The molecule has 3 aromatic rings. The lowest BCUT2D eigenvalue weighted by Crippen LogP contribution is -2.22. The van der Waals surface area contributed by atoms with Gasteiger partial charge in [-0.3, -0.25) is 10.0 Å². The molecule has 3 N–H and O–H groups in total. The lowest BCUT2D eigenvalue weighted by molar-refractivity contribution is -0.137. The number of hydroxylamine groups is 1. The summed E-state index contributed by atoms with van der Waals surface area (Å²) in [6.45, 7) is 1.82. The van der Waals surface area contributed by atoms with E-state index >= 15 is 0 Å². The van der Waals surface area contributed by atoms with Gasteiger partial charge >= 0.3 is 6.18 Å². The molecule has 0 unspecified atom stereocenters. The second kappa shape index (κ2) is 12.8. The summed E-state index contributed by atoms with van der Waals surface area (Å²) in [6.07, 6.45) is -3.33. The molecule has 0 radical (unpaired) electrons. The molecule has 35 heavy (non-hydrogen) atoms. The zero-order chi connectivity index (χ0) is 25.1. The molecule has 0 spiro atoms. The van der Waals surface area contributed by atoms with E-state index in [0.717, 1.165) is 24.1 Å². The Morgan fingerprint density at radius 1 is 0.886 bits per heavy atom. The zero-order valence-corrected chi connectivity index (χ0v) is 18.9. The molecule has 3 aromatic carbocycles. The second-order valence-electron chi connectivity index (χ2n) is 7.75. The van der Waals surface area contributed by atoms with Crippen molar-refractivity contribution in [2.24, 2.45) is 0 Å². The molecule has 0 saturated heterocycles. The number of ether oxygens (including phenoxy) is 2. The minimum atomic E-state index is -4.38. The van der Waals surface area contributed by atoms with Crippen LogP contribution in [0.2, 0.25) is 0 Å². The Bertz CT molecular complexity index is 1040. The standard InChI is InChI=1S/C26H27F3N2O4/c27-26(28,29)21-9-13-23(14-10-21)35-24(19-5-2-1-3-6-19)15-17-30-16-4-18-34-22-11-7-20(8-12-22)25(32)31-33/h1-3,5-14,24,30,33H,4,15-18H2,(H,31,32)/t24-/m1/s1. The van der Waals surface area contributed by atoms with E-state index in [1.165, 1.54) is 12.1 Å². The van der Waals surface area contributed by atoms with Crippen LogP contribution in [0.3, 0.4) is 0 Å². The van der Waals surface area contributed by atoms with Gasteiger partial charge in [-0.2, -0.15) is 13.2 Å². The lowest BCUT2D eigenvalue weighted by atomic mass is 10.1. The smallest absolute Gasteiger partial charge is 0.416 e. The van der Waals surface area contributed by atoms with Crippen molar-refractivity contribution >= 4 is 5.91 Å². The largest absolute Gasteiger partial charge is 0.494 e. The van der Waals surface area contributed by atoms with Gasteiger partial charge in [-0.05, 0) is 73.6 Å². The van der Waals surface area contributed by atoms with Gasteiger partial charge in [-0.15, -0.1) is 0 Å². The van der Waals surface area contributed by atoms with E-state index in [-0.39, 0.29) is 6.10 Å². The minimum absolute atomic E-state index is 0.314. The number of carbonyl (C=O) groups is 1. The first-order chi connectivity index (χ1) is 16.9. The van der Waals surface area contributed by atoms with Gasteiger partial charge in [-0.25, -0.2) is 5.48 Å². The Morgan fingerprint density at radius 2 is 1.54 bits per heavy atom. The fourth-order valence-electron chi connectivity index (χ4n) is 3.36. The quantitative estimate of drug-likeness (QED) is 0.181. The fourth-order valence-corrected chi connectivity index (χ4v) is 3.36. The molecule has 0 aromatic heterocycles. The third-order valence-electron chi connectivity index (χ3n) is 5.20. The molecule has 9 heteroatoms. The van der Waals surface area contributed by atoms with Gasteiger partial charge < -0.3 is 14.8 Å². The van der Waals surface area contributed by atoms with Gasteiger partial charge in [-0.1, -0.05) is 30.3 Å². The lowest BCUT2D eigenvalue weighted by Gasteiger charge is -2.20. The molecule has 1 atom stereocenters. The first-order valence-electron chi connectivity index (χ1n) is 11.1. The highest BCUT2D eigenvalue weighted by atomic mass is 19.4. The van der Waals surface area contributed by atoms with Crippen molar-refractivity contribution in [3.63, 3.8) is 0 Å². The van der Waals surface area contributed by atoms with Gasteiger partial charge in [0.1, 0.15) is 17.6 Å². The number of alkyl halides is 3. The number of halogens is 3. The number of nitrogens with one attached hydrogen (secondary N) is 2. The maximum absolute atomic E-state index is 12.8. The monoisotopic (exact) mass is 488 g/mol. The number of hydrogen-bond acceptors (Lipinski definition) is 5. The van der Waals surface area contributed by atoms with Crippen LogP contribution in [0.15, 0.2) is 78.9 Å². The van der Waals surface area contributed by atoms with Gasteiger partial charge in [0, 0.05) is 12.0 Å². The highest BCUT2D eigenvalue weighted by Crippen LogP contribution is 2.31. The summed E-state index contributed by atoms with van der Waals surface area (Å²) in [5.74, 6) is 0.410. The second-order valence-corrected chi connectivity index (χ2v) is 7.75. The van der Waals surface area contributed by atoms with E-state index in [0.29, 0.717) is 43.2 Å². The van der Waals surface area contributed by atoms with Crippen LogP contribution in [-0.4, -0.2) is 30.8 Å². The Kier molecular flexibility index (Phi) is 9.51. The molecule has 1 amide bonds. The number of rotatable bonds is 12. The third kappa shape index (κ3) is 8.31. The van der Waals surface area contributed by atoms with Gasteiger partial charge in [0.15, 0.2) is 0 Å². The van der Waals surface area contributed by atoms with E-state index in [9.17, 15) is 18.0 Å². The van der Waals surface area contributed by atoms with Crippen molar-refractivity contribution in [1.29, 1.82) is 0 Å². The molecular formula is C26H27F3N2O4. The molecule has 0 aliphatic rings. The first kappa shape index (κ1) is 26.1. The molecule has 3 rings (SSSR count). The van der Waals surface area contributed by atoms with Crippen molar-refractivity contribution < 1.29 is 32.6 Å². The highest BCUT2D eigenvalue weighted by molar-refractivity contribution is 5.93. The van der Waals surface area contributed by atoms with Gasteiger partial charge in [0.2, 0.25) is 0 Å². The van der Waals surface area contributed by atoms with Crippen molar-refractivity contribution in [1.82, 2.24) is 10.8 Å². The van der Waals surface area contributed by atoms with Crippen LogP contribution >= 0.6 is 0 Å². The van der Waals surface area contributed by atoms with E-state index in [1.54, 1.807) is 29.7 Å². The number of amides is 1. The van der Waals surface area contributed by atoms with E-state index < -0.39 is 17.6 Å². The number of carbonyl (C=O) groups excluding carboxylic acids is 1. The topological polar surface area (TPSA) is 79.8 Å². The van der Waals surface area contributed by atoms with E-state index in [2.05, 4.69) is 5.32 Å². The minimum Gasteiger partial charge on any atom is -0.494 e. The van der Waals surface area contributed by atoms with Crippen molar-refractivity contribution in [2.75, 3.05) is 19.7 Å². The van der Waals surface area contributed by atoms with E-state index in [1.807, 2.05) is 30.3 Å². The highest BCUT2D eigenvalue weighted by Gasteiger charge is 2.30. The normalized spacial score (nSPS) is 12.1. The predicted molar refractivity (Wildman–Crippen MR) is 125 cm³/mol. The third-order valence-corrected chi connectivity index (χ3v) is 5.20. The number of hydrogen-bond donors (Lipinski definition) is 3. The Labute approximate surface area is 201 Å². The summed E-state index contributed by atoms with van der Waals surface area (Å²) in [5, 5.41) is 12.0. The molecule has 186 valence electrons. The summed E-state index contributed by atoms with van der Waals surface area (Å²) in [5.41, 5.74) is 2.13. The van der Waals surface area contributed by atoms with Crippen LogP contribution in [0, 0.1) is 0 Å². The number of benzene rings is 3. The Morgan fingerprint density at radius 3 is 2.17 bits per heavy atom. The molecule has 0 bridgehead atoms. The maximum atomic E-state index is 12.8. The summed E-state index contributed by atoms with van der Waals surface area (Å²) < 4.78 is 50.1. The first-order valence-corrected chi connectivity index (χ1v) is 11.1. The van der Waals surface area contributed by atoms with Gasteiger partial charge in [0.05, 0.1) is 12.2 Å². The van der Waals surface area contributed by atoms with Crippen LogP contribution in [0.4, 0.5) is 13.2 Å². The molecule has 0 fully saturated rings. The predicted octanol–water partition coefficient (Wildman–Crippen LogP) is 5.39. The fraction of sp³-hybridized carbons (Fsp3) is 0.269. The summed E-state index contributed by atoms with van der Waals surface area (Å²) in [4.78, 5) is 11.3. The van der Waals surface area contributed by atoms with E-state index in [4.69, 9.17) is 14.7 Å². The molecule has 0 aliphatic carbocycles.